The molecule has 24 heavy (non-hydrogen) atoms. The van der Waals surface area contributed by atoms with Gasteiger partial charge in [0, 0.05) is 34.9 Å². The summed E-state index contributed by atoms with van der Waals surface area (Å²) in [7, 11) is 0. The number of hydrogen-bond acceptors (Lipinski definition) is 4. The molecule has 1 N–H and O–H groups in total. The lowest BCUT2D eigenvalue weighted by atomic mass is 10.0. The smallest absolute Gasteiger partial charge is 0.153 e. The third kappa shape index (κ3) is 3.45. The fourth-order valence-electron chi connectivity index (χ4n) is 2.42. The molecule has 2 aromatic heterocycles. The normalized spacial score (nSPS) is 14.7. The van der Waals surface area contributed by atoms with Crippen LogP contribution in [0.5, 0.6) is 0 Å². The molecule has 5 nitrogen and oxygen atoms in total. The third-order valence-corrected chi connectivity index (χ3v) is 5.45. The first-order valence-electron chi connectivity index (χ1n) is 7.94. The molecule has 0 aliphatic carbocycles. The second-order valence-electron chi connectivity index (χ2n) is 6.76. The summed E-state index contributed by atoms with van der Waals surface area (Å²) in [6.45, 7) is 7.87. The van der Waals surface area contributed by atoms with Crippen molar-refractivity contribution in [3.05, 3.63) is 54.4 Å². The quantitative estimate of drug-likeness (QED) is 0.737. The maximum absolute atomic E-state index is 12.5. The Morgan fingerprint density at radius 3 is 2.58 bits per heavy atom. The highest BCUT2D eigenvalue weighted by Crippen LogP contribution is 2.28. The lowest BCUT2D eigenvalue weighted by Crippen LogP contribution is -2.40. The van der Waals surface area contributed by atoms with E-state index in [9.17, 15) is 4.55 Å². The molecule has 0 aliphatic heterocycles. The summed E-state index contributed by atoms with van der Waals surface area (Å²) < 4.78 is 17.1. The van der Waals surface area contributed by atoms with Crippen molar-refractivity contribution in [2.45, 2.75) is 38.5 Å². The van der Waals surface area contributed by atoms with Gasteiger partial charge in [-0.25, -0.2) is 9.50 Å². The molecule has 0 saturated heterocycles. The lowest BCUT2D eigenvalue weighted by Gasteiger charge is -2.27. The maximum atomic E-state index is 12.5. The highest BCUT2D eigenvalue weighted by molar-refractivity contribution is 7.90. The van der Waals surface area contributed by atoms with E-state index in [-0.39, 0.29) is 10.8 Å². The van der Waals surface area contributed by atoms with Gasteiger partial charge in [-0.2, -0.15) is 5.10 Å². The maximum Gasteiger partial charge on any atom is 0.153 e. The summed E-state index contributed by atoms with van der Waals surface area (Å²) in [5.41, 5.74) is 3.66. The fourth-order valence-corrected chi connectivity index (χ4v) is 3.22. The van der Waals surface area contributed by atoms with Gasteiger partial charge in [0.1, 0.15) is 4.75 Å². The molecule has 2 atom stereocenters. The minimum Gasteiger partial charge on any atom is -0.598 e. The predicted molar refractivity (Wildman–Crippen MR) is 97.9 cm³/mol. The number of aromatic nitrogens is 3. The van der Waals surface area contributed by atoms with Crippen molar-refractivity contribution in [2.24, 2.45) is 0 Å². The van der Waals surface area contributed by atoms with Crippen molar-refractivity contribution in [3.8, 4) is 11.3 Å². The van der Waals surface area contributed by atoms with Crippen LogP contribution in [-0.2, 0) is 11.4 Å². The van der Waals surface area contributed by atoms with Crippen LogP contribution in [0, 0.1) is 0 Å². The molecule has 2 heterocycles. The van der Waals surface area contributed by atoms with Crippen LogP contribution >= 0.6 is 0 Å². The molecule has 0 aliphatic rings. The van der Waals surface area contributed by atoms with Gasteiger partial charge in [0.25, 0.3) is 0 Å². The van der Waals surface area contributed by atoms with Crippen molar-refractivity contribution in [2.75, 3.05) is 0 Å². The Kier molecular flexibility index (Phi) is 4.62. The number of imidazole rings is 1. The van der Waals surface area contributed by atoms with Gasteiger partial charge >= 0.3 is 0 Å². The van der Waals surface area contributed by atoms with Gasteiger partial charge in [0.2, 0.25) is 0 Å². The van der Waals surface area contributed by atoms with Crippen LogP contribution in [0.15, 0.2) is 48.8 Å². The van der Waals surface area contributed by atoms with Crippen molar-refractivity contribution in [1.82, 2.24) is 19.3 Å². The summed E-state index contributed by atoms with van der Waals surface area (Å²) in [4.78, 5) is 4.32. The highest BCUT2D eigenvalue weighted by atomic mass is 32.2. The zero-order valence-electron chi connectivity index (χ0n) is 14.4. The van der Waals surface area contributed by atoms with E-state index in [0.717, 1.165) is 22.5 Å². The van der Waals surface area contributed by atoms with Crippen molar-refractivity contribution < 1.29 is 4.55 Å². The number of nitrogens with zero attached hydrogens (tertiary/aromatic N) is 3. The summed E-state index contributed by atoms with van der Waals surface area (Å²) in [6, 6.07) is 11.9. The van der Waals surface area contributed by atoms with Gasteiger partial charge in [0.15, 0.2) is 5.65 Å². The molecule has 0 bridgehead atoms. The Morgan fingerprint density at radius 1 is 1.21 bits per heavy atom. The first kappa shape index (κ1) is 17.0. The standard InChI is InChI=1S/C18H22N4OS/c1-13(21-24(23)18(2,3)4)15-12-16-19-10-11-22(16)20-17(15)14-8-6-5-7-9-14/h5-13,21H,1-4H3. The number of nitrogens with one attached hydrogen (secondary N) is 1. The summed E-state index contributed by atoms with van der Waals surface area (Å²) in [5, 5.41) is 4.71. The Labute approximate surface area is 145 Å². The predicted octanol–water partition coefficient (Wildman–Crippen LogP) is 3.51. The van der Waals surface area contributed by atoms with Crippen molar-refractivity contribution >= 4 is 17.0 Å². The molecule has 0 fully saturated rings. The van der Waals surface area contributed by atoms with Crippen LogP contribution in [0.2, 0.25) is 0 Å². The van der Waals surface area contributed by atoms with Gasteiger partial charge in [-0.05, 0) is 33.8 Å². The fraction of sp³-hybridized carbons (Fsp3) is 0.333. The molecule has 0 amide bonds. The van der Waals surface area contributed by atoms with Crippen LogP contribution in [0.1, 0.15) is 39.3 Å². The van der Waals surface area contributed by atoms with Crippen LogP contribution in [0.25, 0.3) is 16.9 Å². The van der Waals surface area contributed by atoms with E-state index in [1.807, 2.05) is 70.3 Å². The van der Waals surface area contributed by atoms with Crippen molar-refractivity contribution in [3.63, 3.8) is 0 Å². The van der Waals surface area contributed by atoms with Gasteiger partial charge < -0.3 is 4.55 Å². The van der Waals surface area contributed by atoms with Crippen LogP contribution in [0.4, 0.5) is 0 Å². The van der Waals surface area contributed by atoms with Gasteiger partial charge in [0.05, 0.1) is 11.7 Å². The molecule has 2 unspecified atom stereocenters. The largest absolute Gasteiger partial charge is 0.598 e. The van der Waals surface area contributed by atoms with Crippen LogP contribution in [0.3, 0.4) is 0 Å². The van der Waals surface area contributed by atoms with E-state index in [2.05, 4.69) is 9.71 Å². The minimum absolute atomic E-state index is 0.116. The second kappa shape index (κ2) is 6.55. The summed E-state index contributed by atoms with van der Waals surface area (Å²) in [6.07, 6.45) is 3.56. The van der Waals surface area contributed by atoms with E-state index in [1.54, 1.807) is 10.7 Å². The van der Waals surface area contributed by atoms with E-state index in [0.29, 0.717) is 0 Å². The Hall–Kier alpha value is -1.89. The molecule has 3 aromatic rings. The second-order valence-corrected chi connectivity index (χ2v) is 8.76. The minimum atomic E-state index is -1.16. The number of hydrogen-bond donors (Lipinski definition) is 1. The Bertz CT molecular complexity index is 826. The molecular formula is C18H22N4OS. The molecule has 3 rings (SSSR count). The third-order valence-electron chi connectivity index (χ3n) is 3.77. The average Bonchev–Trinajstić information content (AvgIpc) is 3.01. The number of rotatable bonds is 4. The topological polar surface area (TPSA) is 65.3 Å². The van der Waals surface area contributed by atoms with Crippen LogP contribution in [-0.4, -0.2) is 23.9 Å². The van der Waals surface area contributed by atoms with Gasteiger partial charge in [-0.3, -0.25) is 0 Å². The molecule has 0 spiro atoms. The van der Waals surface area contributed by atoms with E-state index < -0.39 is 11.4 Å². The molecule has 1 aromatic carbocycles. The molecule has 0 radical (unpaired) electrons. The Morgan fingerprint density at radius 2 is 1.92 bits per heavy atom. The first-order valence-corrected chi connectivity index (χ1v) is 9.09. The zero-order chi connectivity index (χ0) is 17.3. The molecule has 6 heteroatoms. The number of fused-ring (bicyclic) bond motifs is 1. The summed E-state index contributed by atoms with van der Waals surface area (Å²) >= 11 is -1.16. The molecule has 0 saturated carbocycles. The molecular weight excluding hydrogens is 320 g/mol. The number of benzene rings is 1. The Balaban J connectivity index is 2.05. The first-order chi connectivity index (χ1) is 11.4. The van der Waals surface area contributed by atoms with E-state index >= 15 is 0 Å². The lowest BCUT2D eigenvalue weighted by molar-refractivity contribution is 0.531. The molecule has 126 valence electrons. The monoisotopic (exact) mass is 342 g/mol. The SMILES string of the molecule is CC(N[S+]([O-])C(C)(C)C)c1cc2nccn2nc1-c1ccccc1. The zero-order valence-corrected chi connectivity index (χ0v) is 15.2. The van der Waals surface area contributed by atoms with Crippen LogP contribution < -0.4 is 4.72 Å². The van der Waals surface area contributed by atoms with Gasteiger partial charge in [-0.15, -0.1) is 4.72 Å². The van der Waals surface area contributed by atoms with E-state index in [1.165, 1.54) is 0 Å². The van der Waals surface area contributed by atoms with Gasteiger partial charge in [-0.1, -0.05) is 30.3 Å². The van der Waals surface area contributed by atoms with Crippen molar-refractivity contribution in [1.29, 1.82) is 0 Å². The summed E-state index contributed by atoms with van der Waals surface area (Å²) in [5.74, 6) is 0. The highest BCUT2D eigenvalue weighted by Gasteiger charge is 2.29. The average molecular weight is 342 g/mol. The van der Waals surface area contributed by atoms with E-state index in [4.69, 9.17) is 5.10 Å².